The first-order valence-electron chi connectivity index (χ1n) is 7.78. The molecule has 4 rings (SSSR count). The summed E-state index contributed by atoms with van der Waals surface area (Å²) in [5.74, 6) is 0. The van der Waals surface area contributed by atoms with Crippen LogP contribution >= 0.6 is 15.9 Å². The van der Waals surface area contributed by atoms with E-state index in [1.807, 2.05) is 60.9 Å². The van der Waals surface area contributed by atoms with Gasteiger partial charge in [-0.25, -0.2) is 11.6 Å². The number of fused-ring (bicyclic) bond motifs is 3. The first kappa shape index (κ1) is 15.7. The summed E-state index contributed by atoms with van der Waals surface area (Å²) >= 11 is 3.52. The maximum absolute atomic E-state index is 7.34. The quantitative estimate of drug-likeness (QED) is 0.457. The minimum Gasteiger partial charge on any atom is -0.306 e. The molecular weight excluding hydrogens is 378 g/mol. The summed E-state index contributed by atoms with van der Waals surface area (Å²) in [6.07, 6.45) is 1.76. The van der Waals surface area contributed by atoms with Gasteiger partial charge in [-0.05, 0) is 42.5 Å². The lowest BCUT2D eigenvalue weighted by Crippen LogP contribution is -2.10. The van der Waals surface area contributed by atoms with Gasteiger partial charge in [-0.3, -0.25) is 4.57 Å². The molecule has 5 nitrogen and oxygen atoms in total. The highest BCUT2D eigenvalue weighted by Gasteiger charge is 2.25. The van der Waals surface area contributed by atoms with Crippen LogP contribution in [-0.4, -0.2) is 19.7 Å². The SMILES string of the molecule is [C-]#[N+]C(C)(C)c1ccc(-n2cnc3nnc4ccc(Br)cc4c32)cc1. The van der Waals surface area contributed by atoms with Crippen molar-refractivity contribution in [3.63, 3.8) is 0 Å². The van der Waals surface area contributed by atoms with E-state index in [9.17, 15) is 0 Å². The zero-order chi connectivity index (χ0) is 17.6. The Labute approximate surface area is 153 Å². The third-order valence-electron chi connectivity index (χ3n) is 4.35. The van der Waals surface area contributed by atoms with Crippen LogP contribution in [0.5, 0.6) is 0 Å². The second kappa shape index (κ2) is 5.64. The van der Waals surface area contributed by atoms with Crippen LogP contribution in [0.15, 0.2) is 53.3 Å². The third-order valence-corrected chi connectivity index (χ3v) is 4.84. The second-order valence-corrected chi connectivity index (χ2v) is 7.28. The Morgan fingerprint density at radius 2 is 1.84 bits per heavy atom. The van der Waals surface area contributed by atoms with Gasteiger partial charge in [0.15, 0.2) is 0 Å². The fourth-order valence-electron chi connectivity index (χ4n) is 2.84. The van der Waals surface area contributed by atoms with Crippen molar-refractivity contribution in [2.75, 3.05) is 0 Å². The van der Waals surface area contributed by atoms with Crippen LogP contribution in [0.25, 0.3) is 32.6 Å². The van der Waals surface area contributed by atoms with E-state index in [2.05, 4.69) is 36.0 Å². The predicted molar refractivity (Wildman–Crippen MR) is 101 cm³/mol. The Hall–Kier alpha value is -2.78. The van der Waals surface area contributed by atoms with E-state index >= 15 is 0 Å². The van der Waals surface area contributed by atoms with Crippen molar-refractivity contribution < 1.29 is 0 Å². The lowest BCUT2D eigenvalue weighted by molar-refractivity contribution is 0.664. The molecule has 0 radical (unpaired) electrons. The molecule has 4 aromatic rings. The number of nitrogens with zero attached hydrogens (tertiary/aromatic N) is 5. The highest BCUT2D eigenvalue weighted by molar-refractivity contribution is 9.10. The molecule has 0 saturated carbocycles. The van der Waals surface area contributed by atoms with Crippen molar-refractivity contribution >= 4 is 38.0 Å². The van der Waals surface area contributed by atoms with Crippen molar-refractivity contribution in [1.82, 2.24) is 19.7 Å². The zero-order valence-electron chi connectivity index (χ0n) is 13.7. The van der Waals surface area contributed by atoms with Gasteiger partial charge in [0.1, 0.15) is 11.8 Å². The number of rotatable bonds is 2. The van der Waals surface area contributed by atoms with Gasteiger partial charge >= 0.3 is 0 Å². The predicted octanol–water partition coefficient (Wildman–Crippen LogP) is 4.89. The molecule has 0 amide bonds. The number of hydrogen-bond acceptors (Lipinski definition) is 3. The van der Waals surface area contributed by atoms with E-state index in [-0.39, 0.29) is 0 Å². The number of benzene rings is 2. The standard InChI is InChI=1S/C19H14BrN5/c1-19(2,21-3)12-4-7-14(8-5-12)25-11-22-18-17(25)15-10-13(20)6-9-16(15)23-24-18/h4-11H,1-2H3. The largest absolute Gasteiger partial charge is 0.306 e. The highest BCUT2D eigenvalue weighted by atomic mass is 79.9. The number of imidazole rings is 1. The Bertz CT molecular complexity index is 1140. The molecule has 0 aliphatic rings. The number of halogens is 1. The van der Waals surface area contributed by atoms with E-state index in [1.54, 1.807) is 6.33 Å². The number of aromatic nitrogens is 4. The smallest absolute Gasteiger partial charge is 0.252 e. The Kier molecular flexibility index (Phi) is 3.55. The molecule has 0 unspecified atom stereocenters. The van der Waals surface area contributed by atoms with Crippen LogP contribution < -0.4 is 0 Å². The van der Waals surface area contributed by atoms with Crippen LogP contribution in [0.4, 0.5) is 0 Å². The van der Waals surface area contributed by atoms with Gasteiger partial charge in [0.05, 0.1) is 5.52 Å². The van der Waals surface area contributed by atoms with Crippen molar-refractivity contribution in [1.29, 1.82) is 0 Å². The first-order chi connectivity index (χ1) is 12.0. The van der Waals surface area contributed by atoms with E-state index in [0.29, 0.717) is 5.65 Å². The lowest BCUT2D eigenvalue weighted by atomic mass is 9.95. The molecule has 2 aromatic heterocycles. The fraction of sp³-hybridized carbons (Fsp3) is 0.158. The Morgan fingerprint density at radius 3 is 2.56 bits per heavy atom. The molecule has 2 aromatic carbocycles. The highest BCUT2D eigenvalue weighted by Crippen LogP contribution is 2.29. The molecule has 0 fully saturated rings. The lowest BCUT2D eigenvalue weighted by Gasteiger charge is -2.12. The molecular formula is C19H14BrN5. The van der Waals surface area contributed by atoms with E-state index in [1.165, 1.54) is 0 Å². The van der Waals surface area contributed by atoms with Gasteiger partial charge in [-0.2, -0.15) is 0 Å². The first-order valence-corrected chi connectivity index (χ1v) is 8.57. The van der Waals surface area contributed by atoms with Gasteiger partial charge < -0.3 is 4.85 Å². The van der Waals surface area contributed by atoms with Gasteiger partial charge in [0, 0.05) is 35.0 Å². The van der Waals surface area contributed by atoms with Gasteiger partial charge in [0.2, 0.25) is 5.65 Å². The van der Waals surface area contributed by atoms with E-state index in [0.717, 1.165) is 32.1 Å². The van der Waals surface area contributed by atoms with Crippen molar-refractivity contribution in [3.05, 3.63) is 70.2 Å². The maximum Gasteiger partial charge on any atom is 0.252 e. The summed E-state index contributed by atoms with van der Waals surface area (Å²) in [5.41, 5.74) is 3.78. The molecule has 0 aliphatic carbocycles. The van der Waals surface area contributed by atoms with Crippen LogP contribution in [0.3, 0.4) is 0 Å². The molecule has 6 heteroatoms. The molecule has 0 saturated heterocycles. The van der Waals surface area contributed by atoms with Crippen molar-refractivity contribution in [2.45, 2.75) is 19.4 Å². The maximum atomic E-state index is 7.34. The summed E-state index contributed by atoms with van der Waals surface area (Å²) in [6.45, 7) is 11.2. The summed E-state index contributed by atoms with van der Waals surface area (Å²) in [5, 5.41) is 9.44. The summed E-state index contributed by atoms with van der Waals surface area (Å²) < 4.78 is 2.99. The van der Waals surface area contributed by atoms with Gasteiger partial charge in [-0.15, -0.1) is 10.2 Å². The molecule has 122 valence electrons. The molecule has 25 heavy (non-hydrogen) atoms. The molecule has 2 heterocycles. The van der Waals surface area contributed by atoms with E-state index in [4.69, 9.17) is 6.57 Å². The summed E-state index contributed by atoms with van der Waals surface area (Å²) in [7, 11) is 0. The van der Waals surface area contributed by atoms with E-state index < -0.39 is 5.54 Å². The second-order valence-electron chi connectivity index (χ2n) is 6.37. The van der Waals surface area contributed by atoms with Crippen molar-refractivity contribution in [3.8, 4) is 5.69 Å². The van der Waals surface area contributed by atoms with Gasteiger partial charge in [-0.1, -0.05) is 15.9 Å². The molecule has 0 aliphatic heterocycles. The van der Waals surface area contributed by atoms with Crippen molar-refractivity contribution in [2.24, 2.45) is 0 Å². The Morgan fingerprint density at radius 1 is 1.08 bits per heavy atom. The molecule has 0 N–H and O–H groups in total. The van der Waals surface area contributed by atoms with Crippen LogP contribution in [0.2, 0.25) is 0 Å². The fourth-order valence-corrected chi connectivity index (χ4v) is 3.20. The average Bonchev–Trinajstić information content (AvgIpc) is 3.06. The monoisotopic (exact) mass is 391 g/mol. The van der Waals surface area contributed by atoms with Gasteiger partial charge in [0.25, 0.3) is 5.54 Å². The number of hydrogen-bond donors (Lipinski definition) is 0. The minimum atomic E-state index is -0.529. The molecule has 0 spiro atoms. The Balaban J connectivity index is 1.93. The summed E-state index contributed by atoms with van der Waals surface area (Å²) in [6, 6.07) is 13.9. The van der Waals surface area contributed by atoms with Crippen LogP contribution in [0, 0.1) is 6.57 Å². The minimum absolute atomic E-state index is 0.529. The summed E-state index contributed by atoms with van der Waals surface area (Å²) in [4.78, 5) is 8.08. The average molecular weight is 392 g/mol. The third kappa shape index (κ3) is 2.57. The zero-order valence-corrected chi connectivity index (χ0v) is 15.3. The van der Waals surface area contributed by atoms with Crippen LogP contribution in [-0.2, 0) is 5.54 Å². The van der Waals surface area contributed by atoms with Crippen LogP contribution in [0.1, 0.15) is 19.4 Å². The normalized spacial score (nSPS) is 11.8. The topological polar surface area (TPSA) is 48.0 Å². The molecule has 0 bridgehead atoms. The molecule has 0 atom stereocenters.